The molecular weight excluding hydrogens is 336 g/mol. The number of carbonyl (C=O) groups excluding carboxylic acids is 3. The van der Waals surface area contributed by atoms with Crippen LogP contribution < -0.4 is 20.7 Å². The number of nitrogens with zero attached hydrogens (tertiary/aromatic N) is 1. The zero-order chi connectivity index (χ0) is 18.1. The van der Waals surface area contributed by atoms with Gasteiger partial charge in [0.15, 0.2) is 0 Å². The van der Waals surface area contributed by atoms with Crippen LogP contribution in [-0.4, -0.2) is 54.5 Å². The largest absolute Gasteiger partial charge is 0.493 e. The molecule has 0 radical (unpaired) electrons. The molecule has 4 amide bonds. The number of piperidine rings is 1. The Morgan fingerprint density at radius 3 is 3.00 bits per heavy atom. The smallest absolute Gasteiger partial charge is 0.322 e. The van der Waals surface area contributed by atoms with Gasteiger partial charge in [-0.3, -0.25) is 19.8 Å². The van der Waals surface area contributed by atoms with E-state index < -0.39 is 11.6 Å². The number of imide groups is 1. The molecule has 0 bridgehead atoms. The quantitative estimate of drug-likeness (QED) is 0.675. The van der Waals surface area contributed by atoms with E-state index in [-0.39, 0.29) is 24.4 Å². The van der Waals surface area contributed by atoms with E-state index in [0.29, 0.717) is 19.6 Å². The van der Waals surface area contributed by atoms with Crippen molar-refractivity contribution in [2.75, 3.05) is 26.2 Å². The summed E-state index contributed by atoms with van der Waals surface area (Å²) in [5.41, 5.74) is 0.0885. The first kappa shape index (κ1) is 16.8. The summed E-state index contributed by atoms with van der Waals surface area (Å²) in [6.07, 6.45) is 2.07. The number of rotatable bonds is 3. The summed E-state index contributed by atoms with van der Waals surface area (Å²) >= 11 is 0. The summed E-state index contributed by atoms with van der Waals surface area (Å²) in [7, 11) is 0. The van der Waals surface area contributed by atoms with Crippen molar-refractivity contribution in [1.82, 2.24) is 20.9 Å². The normalized spacial score (nSPS) is 28.1. The molecule has 2 saturated heterocycles. The van der Waals surface area contributed by atoms with Crippen LogP contribution in [0.15, 0.2) is 24.3 Å². The van der Waals surface area contributed by atoms with Crippen LogP contribution in [-0.2, 0) is 9.59 Å². The number of nitrogens with one attached hydrogen (secondary N) is 3. The molecule has 3 N–H and O–H groups in total. The standard InChI is InChI=1S/C18H22N4O4/c23-15(19-13-6-9-26-14-5-2-1-4-12(13)14)10-22-8-3-7-18(11-22)16(24)20-17(25)21-18/h1-2,4-5,13H,3,6-11H2,(H,19,23)(H2,20,21,24,25). The molecule has 3 aliphatic heterocycles. The van der Waals surface area contributed by atoms with Crippen LogP contribution in [0, 0.1) is 0 Å². The topological polar surface area (TPSA) is 99.8 Å². The maximum absolute atomic E-state index is 12.6. The van der Waals surface area contributed by atoms with Gasteiger partial charge < -0.3 is 15.4 Å². The second kappa shape index (κ2) is 6.60. The number of hydrogen-bond donors (Lipinski definition) is 3. The fourth-order valence-electron chi connectivity index (χ4n) is 4.03. The molecule has 138 valence electrons. The molecule has 4 rings (SSSR count). The monoisotopic (exact) mass is 358 g/mol. The Hall–Kier alpha value is -2.61. The van der Waals surface area contributed by atoms with Gasteiger partial charge in [0.1, 0.15) is 11.3 Å². The van der Waals surface area contributed by atoms with E-state index in [0.717, 1.165) is 30.7 Å². The van der Waals surface area contributed by atoms with E-state index in [1.165, 1.54) is 0 Å². The third-order valence-electron chi connectivity index (χ3n) is 5.25. The highest BCUT2D eigenvalue weighted by molar-refractivity contribution is 6.07. The van der Waals surface area contributed by atoms with Gasteiger partial charge in [0.05, 0.1) is 19.2 Å². The van der Waals surface area contributed by atoms with Crippen LogP contribution in [0.3, 0.4) is 0 Å². The lowest BCUT2D eigenvalue weighted by Crippen LogP contribution is -2.59. The maximum atomic E-state index is 12.6. The minimum atomic E-state index is -0.902. The number of hydrogen-bond acceptors (Lipinski definition) is 5. The minimum Gasteiger partial charge on any atom is -0.493 e. The van der Waals surface area contributed by atoms with Gasteiger partial charge in [-0.05, 0) is 25.5 Å². The van der Waals surface area contributed by atoms with Gasteiger partial charge in [0, 0.05) is 18.5 Å². The second-order valence-corrected chi connectivity index (χ2v) is 7.10. The summed E-state index contributed by atoms with van der Waals surface area (Å²) in [6, 6.07) is 7.19. The van der Waals surface area contributed by atoms with E-state index in [1.807, 2.05) is 29.2 Å². The lowest BCUT2D eigenvalue weighted by Gasteiger charge is -2.38. The van der Waals surface area contributed by atoms with E-state index in [4.69, 9.17) is 4.74 Å². The van der Waals surface area contributed by atoms with Crippen molar-refractivity contribution in [3.8, 4) is 5.75 Å². The van der Waals surface area contributed by atoms with Crippen molar-refractivity contribution in [3.05, 3.63) is 29.8 Å². The average Bonchev–Trinajstić information content (AvgIpc) is 2.88. The van der Waals surface area contributed by atoms with Crippen LogP contribution in [0.4, 0.5) is 4.79 Å². The first-order chi connectivity index (χ1) is 12.6. The van der Waals surface area contributed by atoms with E-state index >= 15 is 0 Å². The third kappa shape index (κ3) is 3.12. The van der Waals surface area contributed by atoms with Crippen molar-refractivity contribution < 1.29 is 19.1 Å². The van der Waals surface area contributed by atoms with Gasteiger partial charge in [-0.25, -0.2) is 4.79 Å². The Bertz CT molecular complexity index is 752. The number of likely N-dealkylation sites (tertiary alicyclic amines) is 1. The summed E-state index contributed by atoms with van der Waals surface area (Å²) in [4.78, 5) is 38.1. The maximum Gasteiger partial charge on any atom is 0.322 e. The Morgan fingerprint density at radius 1 is 1.35 bits per heavy atom. The minimum absolute atomic E-state index is 0.0688. The molecule has 2 fully saturated rings. The SMILES string of the molecule is O=C(CN1CCCC2(C1)NC(=O)NC2=O)NC1CCOc2ccccc21. The molecule has 26 heavy (non-hydrogen) atoms. The molecule has 0 aromatic heterocycles. The lowest BCUT2D eigenvalue weighted by molar-refractivity contribution is -0.129. The number of amides is 4. The van der Waals surface area contributed by atoms with Crippen LogP contribution in [0.5, 0.6) is 5.75 Å². The summed E-state index contributed by atoms with van der Waals surface area (Å²) in [6.45, 7) is 1.84. The predicted octanol–water partition coefficient (Wildman–Crippen LogP) is 0.300. The number of carbonyl (C=O) groups is 3. The third-order valence-corrected chi connectivity index (χ3v) is 5.25. The predicted molar refractivity (Wildman–Crippen MR) is 92.5 cm³/mol. The number of fused-ring (bicyclic) bond motifs is 1. The highest BCUT2D eigenvalue weighted by atomic mass is 16.5. The fraction of sp³-hybridized carbons (Fsp3) is 0.500. The molecular formula is C18H22N4O4. The van der Waals surface area contributed by atoms with E-state index in [1.54, 1.807) is 0 Å². The van der Waals surface area contributed by atoms with Crippen molar-refractivity contribution in [2.45, 2.75) is 30.8 Å². The molecule has 0 aliphatic carbocycles. The molecule has 2 atom stereocenters. The average molecular weight is 358 g/mol. The zero-order valence-electron chi connectivity index (χ0n) is 14.4. The lowest BCUT2D eigenvalue weighted by atomic mass is 9.89. The Balaban J connectivity index is 1.38. The number of urea groups is 1. The Kier molecular flexibility index (Phi) is 4.28. The number of para-hydroxylation sites is 1. The molecule has 2 unspecified atom stereocenters. The van der Waals surface area contributed by atoms with Gasteiger partial charge >= 0.3 is 6.03 Å². The summed E-state index contributed by atoms with van der Waals surface area (Å²) in [5, 5.41) is 8.10. The highest BCUT2D eigenvalue weighted by Crippen LogP contribution is 2.31. The van der Waals surface area contributed by atoms with Gasteiger partial charge in [-0.1, -0.05) is 18.2 Å². The summed E-state index contributed by atoms with van der Waals surface area (Å²) < 4.78 is 5.62. The van der Waals surface area contributed by atoms with Crippen molar-refractivity contribution >= 4 is 17.8 Å². The first-order valence-electron chi connectivity index (χ1n) is 8.93. The first-order valence-corrected chi connectivity index (χ1v) is 8.93. The van der Waals surface area contributed by atoms with Crippen LogP contribution in [0.25, 0.3) is 0 Å². The number of ether oxygens (including phenoxy) is 1. The molecule has 1 spiro atoms. The van der Waals surface area contributed by atoms with Crippen molar-refractivity contribution in [2.24, 2.45) is 0 Å². The van der Waals surface area contributed by atoms with Gasteiger partial charge in [0.25, 0.3) is 5.91 Å². The van der Waals surface area contributed by atoms with Gasteiger partial charge in [-0.2, -0.15) is 0 Å². The fourth-order valence-corrected chi connectivity index (χ4v) is 4.03. The van der Waals surface area contributed by atoms with E-state index in [2.05, 4.69) is 16.0 Å². The zero-order valence-corrected chi connectivity index (χ0v) is 14.4. The second-order valence-electron chi connectivity index (χ2n) is 7.10. The Morgan fingerprint density at radius 2 is 2.19 bits per heavy atom. The summed E-state index contributed by atoms with van der Waals surface area (Å²) in [5.74, 6) is 0.422. The van der Waals surface area contributed by atoms with Gasteiger partial charge in [-0.15, -0.1) is 0 Å². The molecule has 8 heteroatoms. The van der Waals surface area contributed by atoms with Crippen LogP contribution in [0.1, 0.15) is 30.9 Å². The van der Waals surface area contributed by atoms with E-state index in [9.17, 15) is 14.4 Å². The van der Waals surface area contributed by atoms with Crippen molar-refractivity contribution in [3.63, 3.8) is 0 Å². The molecule has 1 aromatic carbocycles. The molecule has 1 aromatic rings. The molecule has 0 saturated carbocycles. The molecule has 3 heterocycles. The van der Waals surface area contributed by atoms with Gasteiger partial charge in [0.2, 0.25) is 5.91 Å². The Labute approximate surface area is 151 Å². The molecule has 3 aliphatic rings. The van der Waals surface area contributed by atoms with Crippen molar-refractivity contribution in [1.29, 1.82) is 0 Å². The highest BCUT2D eigenvalue weighted by Gasteiger charge is 2.48. The number of benzene rings is 1. The van der Waals surface area contributed by atoms with Crippen LogP contribution >= 0.6 is 0 Å². The molecule has 8 nitrogen and oxygen atoms in total. The van der Waals surface area contributed by atoms with Crippen LogP contribution in [0.2, 0.25) is 0 Å².